The van der Waals surface area contributed by atoms with E-state index >= 15 is 0 Å². The summed E-state index contributed by atoms with van der Waals surface area (Å²) in [6.07, 6.45) is 2.77. The van der Waals surface area contributed by atoms with Crippen LogP contribution in [0.15, 0.2) is 18.3 Å². The Hall–Kier alpha value is -2.40. The van der Waals surface area contributed by atoms with Crippen LogP contribution in [0, 0.1) is 28.1 Å². The third-order valence-electron chi connectivity index (χ3n) is 3.54. The van der Waals surface area contributed by atoms with Gasteiger partial charge in [0.1, 0.15) is 11.8 Å². The van der Waals surface area contributed by atoms with Crippen LogP contribution in [0.1, 0.15) is 35.8 Å². The zero-order valence-electron chi connectivity index (χ0n) is 10.8. The molecule has 0 bridgehead atoms. The molecular weight excluding hydrogens is 240 g/mol. The number of carbonyl (C=O) groups excluding carboxylic acids is 1. The molecule has 1 fully saturated rings. The van der Waals surface area contributed by atoms with Crippen molar-refractivity contribution < 1.29 is 4.79 Å². The van der Waals surface area contributed by atoms with E-state index in [0.29, 0.717) is 37.2 Å². The molecule has 0 aromatic carbocycles. The molecule has 1 aliphatic heterocycles. The summed E-state index contributed by atoms with van der Waals surface area (Å²) in [7, 11) is 0. The van der Waals surface area contributed by atoms with E-state index in [2.05, 4.69) is 11.1 Å². The van der Waals surface area contributed by atoms with Crippen molar-refractivity contribution >= 4 is 5.91 Å². The third kappa shape index (κ3) is 2.71. The van der Waals surface area contributed by atoms with E-state index in [9.17, 15) is 4.79 Å². The van der Waals surface area contributed by atoms with Gasteiger partial charge in [-0.15, -0.1) is 0 Å². The maximum atomic E-state index is 12.2. The van der Waals surface area contributed by atoms with E-state index in [0.717, 1.165) is 0 Å². The summed E-state index contributed by atoms with van der Waals surface area (Å²) < 4.78 is 0. The summed E-state index contributed by atoms with van der Waals surface area (Å²) in [6.45, 7) is 3.07. The molecular formula is C14H14N4O. The number of nitriles is 2. The Kier molecular flexibility index (Phi) is 3.48. The van der Waals surface area contributed by atoms with Crippen molar-refractivity contribution in [3.8, 4) is 12.1 Å². The average molecular weight is 254 g/mol. The monoisotopic (exact) mass is 254 g/mol. The number of carbonyl (C=O) groups is 1. The van der Waals surface area contributed by atoms with E-state index in [4.69, 9.17) is 10.5 Å². The SMILES string of the molecule is CC1(C#N)CCN(C(=O)c2ccc(C#N)cn2)CC1. The lowest BCUT2D eigenvalue weighted by Gasteiger charge is -2.34. The topological polar surface area (TPSA) is 80.8 Å². The molecule has 1 aromatic rings. The predicted molar refractivity (Wildman–Crippen MR) is 67.8 cm³/mol. The second-order valence-electron chi connectivity index (χ2n) is 5.01. The molecule has 0 atom stereocenters. The first-order valence-corrected chi connectivity index (χ1v) is 6.15. The summed E-state index contributed by atoms with van der Waals surface area (Å²) in [5.74, 6) is -0.135. The van der Waals surface area contributed by atoms with Crippen LogP contribution in [0.25, 0.3) is 0 Å². The minimum absolute atomic E-state index is 0.135. The van der Waals surface area contributed by atoms with Crippen LogP contribution in [0.4, 0.5) is 0 Å². The molecule has 0 N–H and O–H groups in total. The van der Waals surface area contributed by atoms with Crippen LogP contribution in [0.5, 0.6) is 0 Å². The quantitative estimate of drug-likeness (QED) is 0.764. The Morgan fingerprint density at radius 3 is 2.53 bits per heavy atom. The number of aromatic nitrogens is 1. The maximum Gasteiger partial charge on any atom is 0.272 e. The molecule has 0 radical (unpaired) electrons. The minimum Gasteiger partial charge on any atom is -0.337 e. The van der Waals surface area contributed by atoms with E-state index < -0.39 is 0 Å². The molecule has 1 aliphatic rings. The van der Waals surface area contributed by atoms with Crippen molar-refractivity contribution in [2.45, 2.75) is 19.8 Å². The smallest absolute Gasteiger partial charge is 0.272 e. The first-order valence-electron chi connectivity index (χ1n) is 6.15. The van der Waals surface area contributed by atoms with Gasteiger partial charge in [-0.05, 0) is 31.9 Å². The van der Waals surface area contributed by atoms with Crippen LogP contribution in [-0.2, 0) is 0 Å². The number of nitrogens with zero attached hydrogens (tertiary/aromatic N) is 4. The number of rotatable bonds is 1. The van der Waals surface area contributed by atoms with Crippen LogP contribution >= 0.6 is 0 Å². The van der Waals surface area contributed by atoms with Gasteiger partial charge in [-0.1, -0.05) is 0 Å². The average Bonchev–Trinajstić information content (AvgIpc) is 2.47. The molecule has 0 unspecified atom stereocenters. The third-order valence-corrected chi connectivity index (χ3v) is 3.54. The van der Waals surface area contributed by atoms with Crippen molar-refractivity contribution in [1.29, 1.82) is 10.5 Å². The second kappa shape index (κ2) is 5.07. The van der Waals surface area contributed by atoms with E-state index in [1.165, 1.54) is 6.20 Å². The maximum absolute atomic E-state index is 12.2. The lowest BCUT2D eigenvalue weighted by atomic mass is 9.82. The van der Waals surface area contributed by atoms with Gasteiger partial charge in [0.25, 0.3) is 5.91 Å². The number of piperidine rings is 1. The summed E-state index contributed by atoms with van der Waals surface area (Å²) in [5, 5.41) is 17.7. The first kappa shape index (κ1) is 13.0. The van der Waals surface area contributed by atoms with Crippen LogP contribution in [0.3, 0.4) is 0 Å². The fourth-order valence-corrected chi connectivity index (χ4v) is 2.06. The van der Waals surface area contributed by atoms with E-state index in [-0.39, 0.29) is 11.3 Å². The van der Waals surface area contributed by atoms with Crippen molar-refractivity contribution in [2.24, 2.45) is 5.41 Å². The molecule has 96 valence electrons. The summed E-state index contributed by atoms with van der Waals surface area (Å²) in [4.78, 5) is 17.9. The van der Waals surface area contributed by atoms with Crippen LogP contribution < -0.4 is 0 Å². The van der Waals surface area contributed by atoms with Gasteiger partial charge >= 0.3 is 0 Å². The zero-order valence-corrected chi connectivity index (χ0v) is 10.8. The Morgan fingerprint density at radius 1 is 1.37 bits per heavy atom. The Balaban J connectivity index is 2.06. The molecule has 0 spiro atoms. The number of hydrogen-bond donors (Lipinski definition) is 0. The highest BCUT2D eigenvalue weighted by Gasteiger charge is 2.32. The standard InChI is InChI=1S/C14H14N4O/c1-14(10-16)4-6-18(7-5-14)13(19)12-3-2-11(8-15)9-17-12/h2-3,9H,4-7H2,1H3. The summed E-state index contributed by atoms with van der Waals surface area (Å²) in [5.41, 5.74) is 0.460. The van der Waals surface area contributed by atoms with Gasteiger partial charge < -0.3 is 4.90 Å². The van der Waals surface area contributed by atoms with Crippen LogP contribution in [-0.4, -0.2) is 28.9 Å². The Morgan fingerprint density at radius 2 is 2.05 bits per heavy atom. The Labute approximate surface area is 112 Å². The molecule has 0 saturated carbocycles. The van der Waals surface area contributed by atoms with Crippen molar-refractivity contribution in [1.82, 2.24) is 9.88 Å². The summed E-state index contributed by atoms with van der Waals surface area (Å²) in [6, 6.07) is 7.43. The molecule has 0 aliphatic carbocycles. The van der Waals surface area contributed by atoms with Crippen molar-refractivity contribution in [3.05, 3.63) is 29.6 Å². The molecule has 1 saturated heterocycles. The van der Waals surface area contributed by atoms with Gasteiger partial charge in [0.2, 0.25) is 0 Å². The van der Waals surface area contributed by atoms with Crippen molar-refractivity contribution in [3.63, 3.8) is 0 Å². The van der Waals surface area contributed by atoms with E-state index in [1.807, 2.05) is 13.0 Å². The molecule has 19 heavy (non-hydrogen) atoms. The lowest BCUT2D eigenvalue weighted by molar-refractivity contribution is 0.0656. The number of pyridine rings is 1. The first-order chi connectivity index (χ1) is 9.08. The Bertz CT molecular complexity index is 557. The van der Waals surface area contributed by atoms with Gasteiger partial charge in [-0.2, -0.15) is 10.5 Å². The van der Waals surface area contributed by atoms with Gasteiger partial charge in [0.15, 0.2) is 0 Å². The number of likely N-dealkylation sites (tertiary alicyclic amines) is 1. The lowest BCUT2D eigenvalue weighted by Crippen LogP contribution is -2.41. The fourth-order valence-electron chi connectivity index (χ4n) is 2.06. The van der Waals surface area contributed by atoms with Gasteiger partial charge in [0.05, 0.1) is 17.0 Å². The molecule has 2 rings (SSSR count). The molecule has 1 aromatic heterocycles. The van der Waals surface area contributed by atoms with Gasteiger partial charge in [0, 0.05) is 19.3 Å². The largest absolute Gasteiger partial charge is 0.337 e. The van der Waals surface area contributed by atoms with Gasteiger partial charge in [-0.25, -0.2) is 4.98 Å². The highest BCUT2D eigenvalue weighted by molar-refractivity contribution is 5.92. The normalized spacial score (nSPS) is 17.3. The molecule has 5 nitrogen and oxygen atoms in total. The fraction of sp³-hybridized carbons (Fsp3) is 0.429. The number of hydrogen-bond acceptors (Lipinski definition) is 4. The minimum atomic E-state index is -0.325. The number of amides is 1. The summed E-state index contributed by atoms with van der Waals surface area (Å²) >= 11 is 0. The second-order valence-corrected chi connectivity index (χ2v) is 5.01. The zero-order chi connectivity index (χ0) is 13.9. The molecule has 2 heterocycles. The van der Waals surface area contributed by atoms with Crippen LogP contribution in [0.2, 0.25) is 0 Å². The highest BCUT2D eigenvalue weighted by atomic mass is 16.2. The molecule has 1 amide bonds. The van der Waals surface area contributed by atoms with Crippen molar-refractivity contribution in [2.75, 3.05) is 13.1 Å². The predicted octanol–water partition coefficient (Wildman–Crippen LogP) is 1.72. The molecule has 5 heteroatoms. The highest BCUT2D eigenvalue weighted by Crippen LogP contribution is 2.30. The van der Waals surface area contributed by atoms with Gasteiger partial charge in [-0.3, -0.25) is 4.79 Å². The van der Waals surface area contributed by atoms with E-state index in [1.54, 1.807) is 17.0 Å².